The fourth-order valence-corrected chi connectivity index (χ4v) is 2.32. The molecule has 6 heteroatoms. The number of primary amides is 1. The Morgan fingerprint density at radius 2 is 1.96 bits per heavy atom. The maximum Gasteiger partial charge on any atom is 0.288 e. The first-order valence-electron chi connectivity index (χ1n) is 7.09. The molecule has 0 aliphatic rings. The van der Waals surface area contributed by atoms with Crippen molar-refractivity contribution in [2.24, 2.45) is 5.73 Å². The summed E-state index contributed by atoms with van der Waals surface area (Å²) in [7, 11) is 1.64. The van der Waals surface area contributed by atoms with E-state index in [-0.39, 0.29) is 5.82 Å². The highest BCUT2D eigenvalue weighted by Gasteiger charge is 2.16. The van der Waals surface area contributed by atoms with Crippen molar-refractivity contribution in [1.82, 2.24) is 14.8 Å². The lowest BCUT2D eigenvalue weighted by molar-refractivity contribution is 0.0990. The summed E-state index contributed by atoms with van der Waals surface area (Å²) in [5.74, 6) is -0.107. The van der Waals surface area contributed by atoms with Gasteiger partial charge in [0.05, 0.1) is 12.3 Å². The van der Waals surface area contributed by atoms with Gasteiger partial charge in [-0.05, 0) is 17.7 Å². The van der Waals surface area contributed by atoms with Crippen LogP contribution in [-0.2, 0) is 11.3 Å². The Morgan fingerprint density at radius 3 is 2.65 bits per heavy atom. The topological polar surface area (TPSA) is 83.0 Å². The van der Waals surface area contributed by atoms with Crippen molar-refractivity contribution in [3.63, 3.8) is 0 Å². The number of carbonyl (C=O) groups is 1. The number of aromatic nitrogens is 3. The van der Waals surface area contributed by atoms with Crippen LogP contribution in [-0.4, -0.2) is 27.8 Å². The Balaban J connectivity index is 2.14. The highest BCUT2D eigenvalue weighted by Crippen LogP contribution is 2.21. The van der Waals surface area contributed by atoms with Gasteiger partial charge in [0, 0.05) is 12.7 Å². The molecule has 0 saturated heterocycles. The summed E-state index contributed by atoms with van der Waals surface area (Å²) >= 11 is 0. The van der Waals surface area contributed by atoms with Crippen LogP contribution in [0, 0.1) is 0 Å². The molecule has 0 atom stereocenters. The zero-order valence-electron chi connectivity index (χ0n) is 12.6. The van der Waals surface area contributed by atoms with E-state index >= 15 is 0 Å². The van der Waals surface area contributed by atoms with Crippen molar-refractivity contribution in [3.8, 4) is 17.1 Å². The van der Waals surface area contributed by atoms with Crippen molar-refractivity contribution < 1.29 is 9.53 Å². The van der Waals surface area contributed by atoms with Gasteiger partial charge in [-0.2, -0.15) is 0 Å². The van der Waals surface area contributed by atoms with E-state index in [0.29, 0.717) is 12.4 Å². The first kappa shape index (κ1) is 14.9. The molecule has 0 fully saturated rings. The molecule has 0 unspecified atom stereocenters. The smallest absolute Gasteiger partial charge is 0.288 e. The van der Waals surface area contributed by atoms with Gasteiger partial charge in [-0.1, -0.05) is 42.5 Å². The first-order valence-corrected chi connectivity index (χ1v) is 7.09. The Labute approximate surface area is 133 Å². The lowest BCUT2D eigenvalue weighted by atomic mass is 10.2. The van der Waals surface area contributed by atoms with Crippen LogP contribution < -0.4 is 5.73 Å². The summed E-state index contributed by atoms with van der Waals surface area (Å²) in [5.41, 5.74) is 7.97. The van der Waals surface area contributed by atoms with E-state index in [0.717, 1.165) is 16.8 Å². The molecular formula is C17H16N4O2. The van der Waals surface area contributed by atoms with Crippen molar-refractivity contribution in [2.45, 2.75) is 6.61 Å². The Hall–Kier alpha value is -2.99. The van der Waals surface area contributed by atoms with Crippen LogP contribution in [0.2, 0.25) is 0 Å². The molecule has 0 aliphatic heterocycles. The zero-order chi connectivity index (χ0) is 16.2. The molecule has 23 heavy (non-hydrogen) atoms. The van der Waals surface area contributed by atoms with Crippen LogP contribution in [0.25, 0.3) is 17.1 Å². The molecule has 2 aromatic carbocycles. The van der Waals surface area contributed by atoms with E-state index < -0.39 is 5.91 Å². The number of amides is 1. The second-order valence-electron chi connectivity index (χ2n) is 5.00. The minimum Gasteiger partial charge on any atom is -0.380 e. The normalized spacial score (nSPS) is 10.7. The lowest BCUT2D eigenvalue weighted by Crippen LogP contribution is -2.13. The maximum atomic E-state index is 11.5. The minimum absolute atomic E-state index is 0.0130. The van der Waals surface area contributed by atoms with Gasteiger partial charge in [0.15, 0.2) is 5.82 Å². The van der Waals surface area contributed by atoms with Crippen molar-refractivity contribution >= 4 is 5.91 Å². The van der Waals surface area contributed by atoms with E-state index in [4.69, 9.17) is 10.5 Å². The van der Waals surface area contributed by atoms with Gasteiger partial charge >= 0.3 is 0 Å². The van der Waals surface area contributed by atoms with Gasteiger partial charge in [-0.3, -0.25) is 4.79 Å². The highest BCUT2D eigenvalue weighted by molar-refractivity contribution is 5.89. The third-order valence-electron chi connectivity index (χ3n) is 3.33. The van der Waals surface area contributed by atoms with E-state index in [1.165, 1.54) is 0 Å². The number of methoxy groups -OCH3 is 1. The van der Waals surface area contributed by atoms with E-state index in [1.807, 2.05) is 54.6 Å². The molecule has 2 N–H and O–H groups in total. The van der Waals surface area contributed by atoms with Crippen LogP contribution in [0.4, 0.5) is 0 Å². The van der Waals surface area contributed by atoms with Crippen molar-refractivity contribution in [1.29, 1.82) is 0 Å². The van der Waals surface area contributed by atoms with Crippen LogP contribution in [0.3, 0.4) is 0 Å². The summed E-state index contributed by atoms with van der Waals surface area (Å²) in [5, 5.41) is 4.25. The molecule has 116 valence electrons. The van der Waals surface area contributed by atoms with E-state index in [1.54, 1.807) is 11.8 Å². The largest absolute Gasteiger partial charge is 0.380 e. The molecule has 0 saturated carbocycles. The predicted molar refractivity (Wildman–Crippen MR) is 86.0 cm³/mol. The van der Waals surface area contributed by atoms with Gasteiger partial charge in [0.1, 0.15) is 0 Å². The van der Waals surface area contributed by atoms with Gasteiger partial charge in [-0.15, -0.1) is 5.10 Å². The molecule has 3 rings (SSSR count). The summed E-state index contributed by atoms with van der Waals surface area (Å²) in [6.45, 7) is 0.492. The third kappa shape index (κ3) is 3.12. The average Bonchev–Trinajstić information content (AvgIpc) is 3.02. The molecule has 0 aliphatic carbocycles. The molecule has 3 aromatic rings. The van der Waals surface area contributed by atoms with Crippen molar-refractivity contribution in [3.05, 3.63) is 66.0 Å². The number of rotatable bonds is 5. The summed E-state index contributed by atoms with van der Waals surface area (Å²) < 4.78 is 6.78. The Morgan fingerprint density at radius 1 is 1.17 bits per heavy atom. The molecule has 0 radical (unpaired) electrons. The fourth-order valence-electron chi connectivity index (χ4n) is 2.32. The zero-order valence-corrected chi connectivity index (χ0v) is 12.6. The van der Waals surface area contributed by atoms with Gasteiger partial charge < -0.3 is 10.5 Å². The molecule has 1 heterocycles. The highest BCUT2D eigenvalue weighted by atomic mass is 16.5. The van der Waals surface area contributed by atoms with Crippen LogP contribution in [0.15, 0.2) is 54.6 Å². The van der Waals surface area contributed by atoms with Crippen LogP contribution >= 0.6 is 0 Å². The molecule has 0 bridgehead atoms. The number of hydrogen-bond acceptors (Lipinski definition) is 4. The van der Waals surface area contributed by atoms with E-state index in [9.17, 15) is 4.79 Å². The molecule has 0 spiro atoms. The van der Waals surface area contributed by atoms with Crippen molar-refractivity contribution in [2.75, 3.05) is 7.11 Å². The van der Waals surface area contributed by atoms with Crippen LogP contribution in [0.5, 0.6) is 0 Å². The first-order chi connectivity index (χ1) is 11.2. The quantitative estimate of drug-likeness (QED) is 0.783. The number of nitrogens with zero attached hydrogens (tertiary/aromatic N) is 3. The monoisotopic (exact) mass is 308 g/mol. The fraction of sp³-hybridized carbons (Fsp3) is 0.118. The average molecular weight is 308 g/mol. The Bertz CT molecular complexity index is 828. The second-order valence-corrected chi connectivity index (χ2v) is 5.00. The minimum atomic E-state index is -0.658. The number of carbonyl (C=O) groups excluding carboxylic acids is 1. The SMILES string of the molecule is COCc1cccc(-n2nc(C(N)=O)nc2-c2ccccc2)c1. The van der Waals surface area contributed by atoms with Gasteiger partial charge in [0.25, 0.3) is 5.91 Å². The number of benzene rings is 2. The number of ether oxygens (including phenoxy) is 1. The van der Waals surface area contributed by atoms with Crippen LogP contribution in [0.1, 0.15) is 16.2 Å². The summed E-state index contributed by atoms with van der Waals surface area (Å²) in [4.78, 5) is 15.7. The third-order valence-corrected chi connectivity index (χ3v) is 3.33. The number of nitrogens with two attached hydrogens (primary N) is 1. The molecule has 6 nitrogen and oxygen atoms in total. The maximum absolute atomic E-state index is 11.5. The summed E-state index contributed by atoms with van der Waals surface area (Å²) in [6.07, 6.45) is 0. The summed E-state index contributed by atoms with van der Waals surface area (Å²) in [6, 6.07) is 17.2. The van der Waals surface area contributed by atoms with Gasteiger partial charge in [-0.25, -0.2) is 9.67 Å². The standard InChI is InChI=1S/C17H16N4O2/c1-23-11-12-6-5-9-14(10-12)21-17(13-7-3-2-4-8-13)19-16(20-21)15(18)22/h2-10H,11H2,1H3,(H2,18,22). The van der Waals surface area contributed by atoms with E-state index in [2.05, 4.69) is 10.1 Å². The van der Waals surface area contributed by atoms with Gasteiger partial charge in [0.2, 0.25) is 5.82 Å². The number of hydrogen-bond donors (Lipinski definition) is 1. The Kier molecular flexibility index (Phi) is 4.16. The molecule has 1 amide bonds. The lowest BCUT2D eigenvalue weighted by Gasteiger charge is -2.08. The molecular weight excluding hydrogens is 292 g/mol. The molecule has 1 aromatic heterocycles. The predicted octanol–water partition coefficient (Wildman–Crippen LogP) is 2.18. The second kappa shape index (κ2) is 6.41.